The van der Waals surface area contributed by atoms with Crippen molar-refractivity contribution in [2.24, 2.45) is 11.8 Å². The number of fused-ring (bicyclic) bond motifs is 4. The van der Waals surface area contributed by atoms with Crippen LogP contribution in [0.3, 0.4) is 0 Å². The number of aliphatic hydroxyl groups is 1. The molecule has 5 rings (SSSR count). The van der Waals surface area contributed by atoms with E-state index in [2.05, 4.69) is 83.1 Å². The summed E-state index contributed by atoms with van der Waals surface area (Å²) in [6, 6.07) is 18.6. The molecule has 1 radical (unpaired) electrons. The van der Waals surface area contributed by atoms with E-state index in [1.807, 2.05) is 33.9 Å². The number of pyridine rings is 1. The van der Waals surface area contributed by atoms with Gasteiger partial charge in [0.2, 0.25) is 0 Å². The Morgan fingerprint density at radius 2 is 1.62 bits per heavy atom. The fourth-order valence-corrected chi connectivity index (χ4v) is 6.84. The molecular formula is C39H48IrNO3S-. The largest absolute Gasteiger partial charge is 0.512 e. The minimum atomic E-state index is -0.000781. The molecule has 0 aliphatic rings. The zero-order chi connectivity index (χ0) is 32.2. The molecule has 0 fully saturated rings. The second-order valence-electron chi connectivity index (χ2n) is 13.0. The number of allylic oxidation sites excluding steroid dienone is 2. The molecule has 0 saturated heterocycles. The SMILES string of the molecule is CC(C)c1cc(-c2nccc3c2sc2cc(C(C)(C)C)oc23)[c-]c2ccccc12.CCC(CC)C(=O)/C=C(\O)C(CC)CC.[Ir]. The molecule has 45 heavy (non-hydrogen) atoms. The van der Waals surface area contributed by atoms with Crippen molar-refractivity contribution in [2.75, 3.05) is 0 Å². The summed E-state index contributed by atoms with van der Waals surface area (Å²) in [6.07, 6.45) is 6.80. The van der Waals surface area contributed by atoms with Crippen LogP contribution in [0, 0.1) is 17.9 Å². The molecule has 3 aromatic heterocycles. The van der Waals surface area contributed by atoms with Crippen molar-refractivity contribution >= 4 is 48.3 Å². The fourth-order valence-electron chi connectivity index (χ4n) is 5.68. The number of aromatic nitrogens is 1. The first-order chi connectivity index (χ1) is 20.9. The molecule has 0 aliphatic carbocycles. The Balaban J connectivity index is 0.000000297. The Hall–Kier alpha value is -2.79. The third-order valence-electron chi connectivity index (χ3n) is 8.56. The van der Waals surface area contributed by atoms with E-state index in [-0.39, 0.29) is 48.9 Å². The Labute approximate surface area is 286 Å². The molecule has 4 nitrogen and oxygen atoms in total. The summed E-state index contributed by atoms with van der Waals surface area (Å²) in [5.41, 5.74) is 4.35. The van der Waals surface area contributed by atoms with Crippen LogP contribution in [-0.2, 0) is 30.3 Å². The van der Waals surface area contributed by atoms with Crippen molar-refractivity contribution < 1.29 is 34.4 Å². The Morgan fingerprint density at radius 3 is 2.22 bits per heavy atom. The van der Waals surface area contributed by atoms with E-state index in [0.29, 0.717) is 5.92 Å². The van der Waals surface area contributed by atoms with E-state index in [1.54, 1.807) is 11.3 Å². The molecule has 6 heteroatoms. The normalized spacial score (nSPS) is 12.3. The van der Waals surface area contributed by atoms with Gasteiger partial charge in [-0.15, -0.1) is 40.5 Å². The van der Waals surface area contributed by atoms with Crippen LogP contribution in [0.1, 0.15) is 105 Å². The monoisotopic (exact) mass is 803 g/mol. The number of carbonyl (C=O) groups is 1. The molecule has 0 amide bonds. The summed E-state index contributed by atoms with van der Waals surface area (Å²) in [6.45, 7) is 19.1. The topological polar surface area (TPSA) is 63.3 Å². The first kappa shape index (κ1) is 36.7. The van der Waals surface area contributed by atoms with Gasteiger partial charge < -0.3 is 9.52 Å². The minimum Gasteiger partial charge on any atom is -0.512 e. The molecule has 0 saturated carbocycles. The van der Waals surface area contributed by atoms with Crippen molar-refractivity contribution in [2.45, 2.75) is 99.3 Å². The molecule has 0 unspecified atom stereocenters. The van der Waals surface area contributed by atoms with E-state index >= 15 is 0 Å². The summed E-state index contributed by atoms with van der Waals surface area (Å²) in [7, 11) is 0. The number of hydrogen-bond donors (Lipinski definition) is 1. The van der Waals surface area contributed by atoms with Crippen LogP contribution in [0.5, 0.6) is 0 Å². The van der Waals surface area contributed by atoms with Crippen LogP contribution < -0.4 is 0 Å². The quantitative estimate of drug-likeness (QED) is 0.0916. The number of furan rings is 1. The summed E-state index contributed by atoms with van der Waals surface area (Å²) in [5.74, 6) is 2.01. The van der Waals surface area contributed by atoms with Gasteiger partial charge in [-0.25, -0.2) is 0 Å². The molecule has 5 aromatic rings. The number of nitrogens with zero attached hydrogens (tertiary/aromatic N) is 1. The van der Waals surface area contributed by atoms with E-state index < -0.39 is 0 Å². The van der Waals surface area contributed by atoms with E-state index in [1.165, 1.54) is 26.4 Å². The average molecular weight is 803 g/mol. The Morgan fingerprint density at radius 1 is 0.978 bits per heavy atom. The molecule has 0 aliphatic heterocycles. The van der Waals surface area contributed by atoms with Crippen molar-refractivity contribution in [1.29, 1.82) is 0 Å². The smallest absolute Gasteiger partial charge is 0.162 e. The fraction of sp³-hybridized carbons (Fsp3) is 0.436. The van der Waals surface area contributed by atoms with Crippen LogP contribution in [0.15, 0.2) is 64.9 Å². The average Bonchev–Trinajstić information content (AvgIpc) is 3.57. The van der Waals surface area contributed by atoms with E-state index in [0.717, 1.165) is 59.1 Å². The number of thiophene rings is 1. The zero-order valence-corrected chi connectivity index (χ0v) is 31.4. The molecule has 0 bridgehead atoms. The van der Waals surface area contributed by atoms with Gasteiger partial charge in [-0.3, -0.25) is 9.78 Å². The Kier molecular flexibility index (Phi) is 12.8. The molecule has 3 heterocycles. The summed E-state index contributed by atoms with van der Waals surface area (Å²) in [4.78, 5) is 16.5. The van der Waals surface area contributed by atoms with E-state index in [4.69, 9.17) is 9.40 Å². The maximum absolute atomic E-state index is 11.7. The van der Waals surface area contributed by atoms with Gasteiger partial charge >= 0.3 is 0 Å². The number of carbonyl (C=O) groups excluding carboxylic acids is 1. The minimum absolute atomic E-state index is 0. The summed E-state index contributed by atoms with van der Waals surface area (Å²) < 4.78 is 8.63. The number of aliphatic hydroxyl groups excluding tert-OH is 1. The zero-order valence-electron chi connectivity index (χ0n) is 28.2. The van der Waals surface area contributed by atoms with Gasteiger partial charge in [0.25, 0.3) is 0 Å². The van der Waals surface area contributed by atoms with Crippen molar-refractivity contribution in [1.82, 2.24) is 4.98 Å². The number of rotatable bonds is 9. The van der Waals surface area contributed by atoms with Gasteiger partial charge in [0.05, 0.1) is 10.5 Å². The third-order valence-corrected chi connectivity index (χ3v) is 9.71. The molecular weight excluding hydrogens is 755 g/mol. The van der Waals surface area contributed by atoms with Crippen molar-refractivity contribution in [3.63, 3.8) is 0 Å². The second-order valence-corrected chi connectivity index (χ2v) is 14.1. The van der Waals surface area contributed by atoms with Crippen LogP contribution in [0.2, 0.25) is 0 Å². The number of benzene rings is 2. The predicted octanol–water partition coefficient (Wildman–Crippen LogP) is 12.0. The van der Waals surface area contributed by atoms with Crippen molar-refractivity contribution in [3.05, 3.63) is 77.9 Å². The third kappa shape index (κ3) is 8.14. The van der Waals surface area contributed by atoms with Gasteiger partial charge in [-0.05, 0) is 43.7 Å². The standard InChI is InChI=1S/C26H24NOS.C13H24O2.Ir/c1-15(2)20-13-17(12-16-8-6-7-9-18(16)20)23-25-19(10-11-27-23)24-21(29-25)14-22(28-24)26(3,4)5;1-5-10(6-2)12(14)9-13(15)11(7-3)8-4;/h6-11,13-15H,1-5H3;9-11,14H,5-8H2,1-4H3;/q-1;;/b;12-9-;. The molecule has 2 aromatic carbocycles. The maximum Gasteiger partial charge on any atom is 0.162 e. The van der Waals surface area contributed by atoms with Gasteiger partial charge in [0.1, 0.15) is 5.76 Å². The van der Waals surface area contributed by atoms with Gasteiger partial charge in [0.15, 0.2) is 11.4 Å². The van der Waals surface area contributed by atoms with Crippen molar-refractivity contribution in [3.8, 4) is 11.3 Å². The maximum atomic E-state index is 11.7. The summed E-state index contributed by atoms with van der Waals surface area (Å²) in [5, 5.41) is 13.3. The van der Waals surface area contributed by atoms with Crippen LogP contribution in [0.25, 0.3) is 42.4 Å². The summed E-state index contributed by atoms with van der Waals surface area (Å²) >= 11 is 1.76. The molecule has 0 spiro atoms. The van der Waals surface area contributed by atoms with Gasteiger partial charge in [-0.1, -0.05) is 91.5 Å². The molecule has 1 N–H and O–H groups in total. The first-order valence-electron chi connectivity index (χ1n) is 16.1. The molecule has 0 atom stereocenters. The first-order valence-corrected chi connectivity index (χ1v) is 17.0. The van der Waals surface area contributed by atoms with E-state index in [9.17, 15) is 9.90 Å². The molecule has 243 valence electrons. The van der Waals surface area contributed by atoms with Crippen LogP contribution in [0.4, 0.5) is 0 Å². The van der Waals surface area contributed by atoms with Gasteiger partial charge in [0, 0.05) is 65.4 Å². The van der Waals surface area contributed by atoms with Crippen LogP contribution in [-0.4, -0.2) is 15.9 Å². The predicted molar refractivity (Wildman–Crippen MR) is 188 cm³/mol. The van der Waals surface area contributed by atoms with Gasteiger partial charge in [-0.2, -0.15) is 0 Å². The Bertz CT molecular complexity index is 1760. The number of ketones is 1. The number of hydrogen-bond acceptors (Lipinski definition) is 5. The second kappa shape index (κ2) is 15.7. The van der Waals surface area contributed by atoms with Crippen LogP contribution >= 0.6 is 11.3 Å².